The van der Waals surface area contributed by atoms with E-state index in [1.165, 1.54) is 23.1 Å². The maximum Gasteiger partial charge on any atom is 0.327 e. The van der Waals surface area contributed by atoms with Crippen molar-refractivity contribution in [3.63, 3.8) is 0 Å². The molecule has 0 spiro atoms. The number of anilines is 3. The lowest BCUT2D eigenvalue weighted by atomic mass is 10.0. The second-order valence-corrected chi connectivity index (χ2v) is 8.25. The number of carbonyl (C=O) groups excluding carboxylic acids is 2. The van der Waals surface area contributed by atoms with Gasteiger partial charge in [-0.05, 0) is 35.9 Å². The topological polar surface area (TPSA) is 122 Å². The van der Waals surface area contributed by atoms with E-state index in [2.05, 4.69) is 10.6 Å². The molecule has 0 saturated carbocycles. The van der Waals surface area contributed by atoms with E-state index < -0.39 is 28.0 Å². The van der Waals surface area contributed by atoms with Crippen LogP contribution in [0.25, 0.3) is 0 Å². The van der Waals surface area contributed by atoms with E-state index in [0.717, 1.165) is 0 Å². The zero-order valence-electron chi connectivity index (χ0n) is 15.6. The third-order valence-electron chi connectivity index (χ3n) is 4.68. The number of carbonyl (C=O) groups is 2. The Morgan fingerprint density at radius 1 is 0.967 bits per heavy atom. The van der Waals surface area contributed by atoms with Gasteiger partial charge in [0.15, 0.2) is 0 Å². The average molecular weight is 422 g/mol. The van der Waals surface area contributed by atoms with Crippen LogP contribution >= 0.6 is 0 Å². The molecule has 0 fully saturated rings. The Bertz CT molecular complexity index is 1210. The number of nitrogens with zero attached hydrogens (tertiary/aromatic N) is 1. The van der Waals surface area contributed by atoms with E-state index in [4.69, 9.17) is 5.14 Å². The Hall–Kier alpha value is -3.69. The second-order valence-electron chi connectivity index (χ2n) is 6.69. The van der Waals surface area contributed by atoms with Crippen LogP contribution in [0.15, 0.2) is 83.8 Å². The number of nitrogens with two attached hydrogens (primary N) is 1. The first-order valence-corrected chi connectivity index (χ1v) is 10.6. The molecule has 1 atom stereocenters. The Morgan fingerprint density at radius 3 is 2.23 bits per heavy atom. The van der Waals surface area contributed by atoms with Crippen molar-refractivity contribution in [2.24, 2.45) is 5.14 Å². The summed E-state index contributed by atoms with van der Waals surface area (Å²) in [5.41, 5.74) is 1.70. The van der Waals surface area contributed by atoms with Gasteiger partial charge in [-0.2, -0.15) is 0 Å². The molecule has 30 heavy (non-hydrogen) atoms. The number of rotatable bonds is 3. The van der Waals surface area contributed by atoms with Crippen molar-refractivity contribution in [3.05, 3.63) is 84.4 Å². The predicted molar refractivity (Wildman–Crippen MR) is 114 cm³/mol. The van der Waals surface area contributed by atoms with E-state index in [9.17, 15) is 18.0 Å². The van der Waals surface area contributed by atoms with Crippen LogP contribution in [0, 0.1) is 0 Å². The molecular weight excluding hydrogens is 404 g/mol. The van der Waals surface area contributed by atoms with Crippen molar-refractivity contribution in [2.45, 2.75) is 10.9 Å². The van der Waals surface area contributed by atoms with Crippen LogP contribution in [0.2, 0.25) is 0 Å². The molecule has 1 aliphatic heterocycles. The third-order valence-corrected chi connectivity index (χ3v) is 5.59. The van der Waals surface area contributed by atoms with Crippen molar-refractivity contribution in [1.29, 1.82) is 0 Å². The van der Waals surface area contributed by atoms with Crippen LogP contribution < -0.4 is 20.7 Å². The molecular formula is C21H18N4O4S. The molecule has 9 heteroatoms. The van der Waals surface area contributed by atoms with Crippen LogP contribution in [0.3, 0.4) is 0 Å². The number of fused-ring (bicyclic) bond motifs is 1. The SMILES string of the molecule is NS(=O)(=O)c1ccc2c(c1)NC(=O)C(c1ccccc1)N2C(=O)Nc1ccccc1. The highest BCUT2D eigenvalue weighted by atomic mass is 32.2. The van der Waals surface area contributed by atoms with Crippen molar-refractivity contribution < 1.29 is 18.0 Å². The number of nitrogens with one attached hydrogen (secondary N) is 2. The molecule has 0 radical (unpaired) electrons. The third kappa shape index (κ3) is 3.76. The maximum atomic E-state index is 13.2. The van der Waals surface area contributed by atoms with Gasteiger partial charge in [0.2, 0.25) is 10.0 Å². The summed E-state index contributed by atoms with van der Waals surface area (Å²) in [5.74, 6) is -0.469. The summed E-state index contributed by atoms with van der Waals surface area (Å²) in [4.78, 5) is 27.4. The fourth-order valence-electron chi connectivity index (χ4n) is 3.33. The number of urea groups is 1. The van der Waals surface area contributed by atoms with Gasteiger partial charge in [0.05, 0.1) is 16.3 Å². The predicted octanol–water partition coefficient (Wildman–Crippen LogP) is 3.07. The summed E-state index contributed by atoms with van der Waals surface area (Å²) in [7, 11) is -3.98. The van der Waals surface area contributed by atoms with Crippen LogP contribution in [0.5, 0.6) is 0 Å². The lowest BCUT2D eigenvalue weighted by Gasteiger charge is -2.36. The largest absolute Gasteiger partial charge is 0.327 e. The number of hydrogen-bond acceptors (Lipinski definition) is 4. The molecule has 8 nitrogen and oxygen atoms in total. The fourth-order valence-corrected chi connectivity index (χ4v) is 3.87. The Balaban J connectivity index is 1.82. The number of sulfonamides is 1. The highest BCUT2D eigenvalue weighted by Gasteiger charge is 2.38. The van der Waals surface area contributed by atoms with Crippen molar-refractivity contribution in [2.75, 3.05) is 15.5 Å². The Labute approximate surface area is 173 Å². The van der Waals surface area contributed by atoms with Gasteiger partial charge in [-0.25, -0.2) is 18.4 Å². The standard InChI is InChI=1S/C21H18N4O4S/c22-30(28,29)16-11-12-18-17(13-16)24-20(26)19(14-7-3-1-4-8-14)25(18)21(27)23-15-9-5-2-6-10-15/h1-13,19H,(H,23,27)(H,24,26)(H2,22,28,29). The molecule has 0 bridgehead atoms. The van der Waals surface area contributed by atoms with Gasteiger partial charge in [-0.1, -0.05) is 48.5 Å². The number of para-hydroxylation sites is 1. The van der Waals surface area contributed by atoms with Crippen LogP contribution in [0.1, 0.15) is 11.6 Å². The summed E-state index contributed by atoms with van der Waals surface area (Å²) in [5, 5.41) is 10.7. The molecule has 1 aliphatic rings. The molecule has 1 unspecified atom stereocenters. The first-order chi connectivity index (χ1) is 14.3. The number of hydrogen-bond donors (Lipinski definition) is 3. The molecule has 0 aromatic heterocycles. The highest BCUT2D eigenvalue weighted by Crippen LogP contribution is 2.39. The molecule has 4 rings (SSSR count). The van der Waals surface area contributed by atoms with Crippen molar-refractivity contribution >= 4 is 39.0 Å². The minimum absolute atomic E-state index is 0.164. The van der Waals surface area contributed by atoms with E-state index in [-0.39, 0.29) is 10.6 Å². The molecule has 0 saturated heterocycles. The Morgan fingerprint density at radius 2 is 1.60 bits per heavy atom. The lowest BCUT2D eigenvalue weighted by Crippen LogP contribution is -2.47. The quantitative estimate of drug-likeness (QED) is 0.600. The summed E-state index contributed by atoms with van der Waals surface area (Å²) < 4.78 is 23.4. The smallest absolute Gasteiger partial charge is 0.322 e. The van der Waals surface area contributed by atoms with Crippen molar-refractivity contribution in [1.82, 2.24) is 0 Å². The van der Waals surface area contributed by atoms with Gasteiger partial charge in [0.1, 0.15) is 6.04 Å². The maximum absolute atomic E-state index is 13.2. The minimum Gasteiger partial charge on any atom is -0.322 e. The van der Waals surface area contributed by atoms with Gasteiger partial charge in [0, 0.05) is 5.69 Å². The van der Waals surface area contributed by atoms with Crippen LogP contribution in [0.4, 0.5) is 21.9 Å². The minimum atomic E-state index is -3.98. The number of primary sulfonamides is 1. The van der Waals surface area contributed by atoms with Crippen LogP contribution in [-0.2, 0) is 14.8 Å². The fraction of sp³-hybridized carbons (Fsp3) is 0.0476. The first kappa shape index (κ1) is 19.6. The molecule has 1 heterocycles. The van der Waals surface area contributed by atoms with E-state index in [1.807, 2.05) is 12.1 Å². The monoisotopic (exact) mass is 422 g/mol. The van der Waals surface area contributed by atoms with Gasteiger partial charge < -0.3 is 10.6 Å². The number of amides is 3. The molecule has 3 aromatic carbocycles. The average Bonchev–Trinajstić information content (AvgIpc) is 2.73. The zero-order valence-corrected chi connectivity index (χ0v) is 16.5. The zero-order chi connectivity index (χ0) is 21.3. The van der Waals surface area contributed by atoms with E-state index >= 15 is 0 Å². The molecule has 0 aliphatic carbocycles. The molecule has 152 valence electrons. The second kappa shape index (κ2) is 7.62. The van der Waals surface area contributed by atoms with E-state index in [1.54, 1.807) is 48.5 Å². The lowest BCUT2D eigenvalue weighted by molar-refractivity contribution is -0.117. The van der Waals surface area contributed by atoms with Gasteiger partial charge in [-0.15, -0.1) is 0 Å². The van der Waals surface area contributed by atoms with E-state index in [0.29, 0.717) is 16.9 Å². The first-order valence-electron chi connectivity index (χ1n) is 9.02. The molecule has 3 aromatic rings. The van der Waals surface area contributed by atoms with Gasteiger partial charge >= 0.3 is 6.03 Å². The van der Waals surface area contributed by atoms with Gasteiger partial charge in [0.25, 0.3) is 5.91 Å². The normalized spacial score (nSPS) is 15.8. The summed E-state index contributed by atoms with van der Waals surface area (Å²) >= 11 is 0. The van der Waals surface area contributed by atoms with Crippen LogP contribution in [-0.4, -0.2) is 20.4 Å². The summed E-state index contributed by atoms with van der Waals surface area (Å²) in [6, 6.07) is 20.2. The highest BCUT2D eigenvalue weighted by molar-refractivity contribution is 7.89. The summed E-state index contributed by atoms with van der Waals surface area (Å²) in [6.07, 6.45) is 0. The van der Waals surface area contributed by atoms with Crippen molar-refractivity contribution in [3.8, 4) is 0 Å². The molecule has 4 N–H and O–H groups in total. The summed E-state index contributed by atoms with van der Waals surface area (Å²) in [6.45, 7) is 0. The molecule has 3 amide bonds. The number of benzene rings is 3. The Kier molecular flexibility index (Phi) is 4.98. The van der Waals surface area contributed by atoms with Gasteiger partial charge in [-0.3, -0.25) is 9.69 Å².